The number of aliphatic hydroxyl groups excluding tert-OH is 1. The lowest BCUT2D eigenvalue weighted by molar-refractivity contribution is -0.000703. The fourth-order valence-corrected chi connectivity index (χ4v) is 3.98. The van der Waals surface area contributed by atoms with Crippen LogP contribution in [0.1, 0.15) is 40.5 Å². The maximum atomic E-state index is 10.2. The van der Waals surface area contributed by atoms with Crippen LogP contribution in [0.2, 0.25) is 0 Å². The molecule has 2 unspecified atom stereocenters. The molecule has 0 aromatic heterocycles. The molecule has 6 heteroatoms. The lowest BCUT2D eigenvalue weighted by atomic mass is 10.0. The first-order chi connectivity index (χ1) is 12.5. The molecule has 2 atom stereocenters. The summed E-state index contributed by atoms with van der Waals surface area (Å²) in [5.74, 6) is 0. The Kier molecular flexibility index (Phi) is 9.81. The summed E-state index contributed by atoms with van der Waals surface area (Å²) in [6.45, 7) is 18.8. The molecule has 2 aliphatic rings. The Labute approximate surface area is 160 Å². The Morgan fingerprint density at radius 3 is 2.19 bits per heavy atom. The molecule has 0 aromatic carbocycles. The third kappa shape index (κ3) is 7.41. The zero-order valence-corrected chi connectivity index (χ0v) is 17.5. The monoisotopic (exact) mass is 370 g/mol. The minimum absolute atomic E-state index is 0.415. The topological polar surface area (TPSA) is 51.2 Å². The number of aliphatic hydroxyl groups is 1. The number of piperidine rings is 1. The predicted octanol–water partition coefficient (Wildman–Crippen LogP) is 0.852. The minimum Gasteiger partial charge on any atom is -0.389 e. The molecule has 0 spiro atoms. The van der Waals surface area contributed by atoms with E-state index in [2.05, 4.69) is 47.7 Å². The highest BCUT2D eigenvalue weighted by Gasteiger charge is 2.22. The van der Waals surface area contributed by atoms with Gasteiger partial charge in [0.1, 0.15) is 0 Å². The average Bonchev–Trinajstić information content (AvgIpc) is 2.66. The smallest absolute Gasteiger partial charge is 0.0897 e. The van der Waals surface area contributed by atoms with Gasteiger partial charge in [-0.1, -0.05) is 6.92 Å². The summed E-state index contributed by atoms with van der Waals surface area (Å²) in [4.78, 5) is 7.52. The second-order valence-corrected chi connectivity index (χ2v) is 8.32. The molecule has 26 heavy (non-hydrogen) atoms. The largest absolute Gasteiger partial charge is 0.389 e. The highest BCUT2D eigenvalue weighted by atomic mass is 16.5. The number of rotatable bonds is 10. The van der Waals surface area contributed by atoms with Gasteiger partial charge in [0.15, 0.2) is 0 Å². The Balaban J connectivity index is 1.52. The molecular formula is C20H42N4O2. The average molecular weight is 371 g/mol. The van der Waals surface area contributed by atoms with Crippen LogP contribution >= 0.6 is 0 Å². The molecule has 2 saturated heterocycles. The predicted molar refractivity (Wildman–Crippen MR) is 108 cm³/mol. The number of piperazine rings is 1. The van der Waals surface area contributed by atoms with Gasteiger partial charge in [0.05, 0.1) is 19.3 Å². The zero-order valence-electron chi connectivity index (χ0n) is 17.5. The van der Waals surface area contributed by atoms with Gasteiger partial charge in [-0.05, 0) is 53.2 Å². The summed E-state index contributed by atoms with van der Waals surface area (Å²) >= 11 is 0. The molecule has 2 N–H and O–H groups in total. The van der Waals surface area contributed by atoms with Gasteiger partial charge in [0.2, 0.25) is 0 Å². The van der Waals surface area contributed by atoms with E-state index in [1.54, 1.807) is 0 Å². The van der Waals surface area contributed by atoms with Crippen LogP contribution in [0, 0.1) is 0 Å². The van der Waals surface area contributed by atoms with Crippen molar-refractivity contribution < 1.29 is 9.84 Å². The van der Waals surface area contributed by atoms with Gasteiger partial charge in [-0.3, -0.25) is 4.90 Å². The first kappa shape index (κ1) is 22.1. The number of ether oxygens (including phenoxy) is 1. The summed E-state index contributed by atoms with van der Waals surface area (Å²) in [7, 11) is 0. The molecule has 2 rings (SSSR count). The standard InChI is InChI=1S/C20H42N4O2/c1-5-22-10-12-24(13-11-22)18(4)15-26-16-20(25)14-21-19-6-8-23(9-7-19)17(2)3/h17-21,25H,5-16H2,1-4H3. The molecule has 0 aliphatic carbocycles. The molecule has 0 radical (unpaired) electrons. The summed E-state index contributed by atoms with van der Waals surface area (Å²) in [5.41, 5.74) is 0. The lowest BCUT2D eigenvalue weighted by Crippen LogP contribution is -2.50. The maximum absolute atomic E-state index is 10.2. The van der Waals surface area contributed by atoms with Gasteiger partial charge in [0, 0.05) is 50.8 Å². The van der Waals surface area contributed by atoms with E-state index in [-0.39, 0.29) is 0 Å². The Morgan fingerprint density at radius 2 is 1.62 bits per heavy atom. The summed E-state index contributed by atoms with van der Waals surface area (Å²) in [6, 6.07) is 1.60. The third-order valence-corrected chi connectivity index (χ3v) is 6.05. The molecule has 6 nitrogen and oxygen atoms in total. The van der Waals surface area contributed by atoms with Crippen LogP contribution in [0.5, 0.6) is 0 Å². The van der Waals surface area contributed by atoms with Crippen molar-refractivity contribution in [2.75, 3.05) is 65.6 Å². The molecule has 2 heterocycles. The quantitative estimate of drug-likeness (QED) is 0.595. The molecule has 0 bridgehead atoms. The van der Waals surface area contributed by atoms with Gasteiger partial charge < -0.3 is 25.0 Å². The molecule has 2 fully saturated rings. The van der Waals surface area contributed by atoms with E-state index in [0.717, 1.165) is 45.8 Å². The number of hydrogen-bond donors (Lipinski definition) is 2. The number of hydrogen-bond acceptors (Lipinski definition) is 6. The summed E-state index contributed by atoms with van der Waals surface area (Å²) < 4.78 is 5.80. The fourth-order valence-electron chi connectivity index (χ4n) is 3.98. The summed E-state index contributed by atoms with van der Waals surface area (Å²) in [6.07, 6.45) is 1.93. The van der Waals surface area contributed by atoms with Gasteiger partial charge >= 0.3 is 0 Å². The number of nitrogens with one attached hydrogen (secondary N) is 1. The SMILES string of the molecule is CCN1CCN(C(C)COCC(O)CNC2CCN(C(C)C)CC2)CC1. The third-order valence-electron chi connectivity index (χ3n) is 6.05. The van der Waals surface area contributed by atoms with Crippen LogP contribution in [0.15, 0.2) is 0 Å². The molecule has 2 aliphatic heterocycles. The zero-order chi connectivity index (χ0) is 18.9. The van der Waals surface area contributed by atoms with Crippen molar-refractivity contribution in [3.63, 3.8) is 0 Å². The molecule has 0 aromatic rings. The van der Waals surface area contributed by atoms with Crippen LogP contribution in [0.25, 0.3) is 0 Å². The minimum atomic E-state index is -0.415. The van der Waals surface area contributed by atoms with E-state index < -0.39 is 6.10 Å². The van der Waals surface area contributed by atoms with E-state index in [4.69, 9.17) is 4.74 Å². The van der Waals surface area contributed by atoms with E-state index >= 15 is 0 Å². The highest BCUT2D eigenvalue weighted by molar-refractivity contribution is 4.80. The molecule has 0 amide bonds. The van der Waals surface area contributed by atoms with Gasteiger partial charge in [-0.25, -0.2) is 0 Å². The highest BCUT2D eigenvalue weighted by Crippen LogP contribution is 2.13. The Hall–Kier alpha value is -0.240. The van der Waals surface area contributed by atoms with E-state index in [9.17, 15) is 5.11 Å². The maximum Gasteiger partial charge on any atom is 0.0897 e. The van der Waals surface area contributed by atoms with E-state index in [1.165, 1.54) is 12.8 Å². The Morgan fingerprint density at radius 1 is 0.962 bits per heavy atom. The van der Waals surface area contributed by atoms with E-state index in [1.807, 2.05) is 0 Å². The van der Waals surface area contributed by atoms with Gasteiger partial charge in [-0.15, -0.1) is 0 Å². The van der Waals surface area contributed by atoms with Crippen molar-refractivity contribution in [2.24, 2.45) is 0 Å². The van der Waals surface area contributed by atoms with Crippen molar-refractivity contribution in [2.45, 2.75) is 64.8 Å². The number of nitrogens with zero attached hydrogens (tertiary/aromatic N) is 3. The van der Waals surface area contributed by atoms with Crippen molar-refractivity contribution in [3.05, 3.63) is 0 Å². The van der Waals surface area contributed by atoms with Crippen molar-refractivity contribution in [1.82, 2.24) is 20.0 Å². The molecule has 0 saturated carbocycles. The molecule has 154 valence electrons. The Bertz CT molecular complexity index is 367. The van der Waals surface area contributed by atoms with Crippen LogP contribution in [0.3, 0.4) is 0 Å². The van der Waals surface area contributed by atoms with Crippen LogP contribution < -0.4 is 5.32 Å². The number of likely N-dealkylation sites (tertiary alicyclic amines) is 1. The van der Waals surface area contributed by atoms with Crippen LogP contribution in [-0.4, -0.2) is 110 Å². The number of likely N-dealkylation sites (N-methyl/N-ethyl adjacent to an activating group) is 1. The van der Waals surface area contributed by atoms with E-state index in [0.29, 0.717) is 37.9 Å². The van der Waals surface area contributed by atoms with Gasteiger partial charge in [0.25, 0.3) is 0 Å². The van der Waals surface area contributed by atoms with Crippen molar-refractivity contribution in [3.8, 4) is 0 Å². The van der Waals surface area contributed by atoms with Crippen molar-refractivity contribution in [1.29, 1.82) is 0 Å². The van der Waals surface area contributed by atoms with Crippen LogP contribution in [0.4, 0.5) is 0 Å². The van der Waals surface area contributed by atoms with Crippen LogP contribution in [-0.2, 0) is 4.74 Å². The first-order valence-corrected chi connectivity index (χ1v) is 10.7. The summed E-state index contributed by atoms with van der Waals surface area (Å²) in [5, 5.41) is 13.7. The second kappa shape index (κ2) is 11.6. The molecular weight excluding hydrogens is 328 g/mol. The van der Waals surface area contributed by atoms with Crippen molar-refractivity contribution >= 4 is 0 Å². The second-order valence-electron chi connectivity index (χ2n) is 8.32. The normalized spacial score (nSPS) is 24.2. The first-order valence-electron chi connectivity index (χ1n) is 10.7. The fraction of sp³-hybridized carbons (Fsp3) is 1.00. The van der Waals surface area contributed by atoms with Gasteiger partial charge in [-0.2, -0.15) is 0 Å². The lowest BCUT2D eigenvalue weighted by Gasteiger charge is -2.37.